The fourth-order valence-electron chi connectivity index (χ4n) is 2.00. The van der Waals surface area contributed by atoms with E-state index in [-0.39, 0.29) is 18.9 Å². The number of hydrogen-bond acceptors (Lipinski definition) is 4. The van der Waals surface area contributed by atoms with Crippen molar-refractivity contribution in [2.45, 2.75) is 13.0 Å². The average molecular weight is 317 g/mol. The fourth-order valence-corrected chi connectivity index (χ4v) is 2.20. The fraction of sp³-hybridized carbons (Fsp3) is 0.125. The molecule has 3 aromatic rings. The molecule has 0 aliphatic carbocycles. The summed E-state index contributed by atoms with van der Waals surface area (Å²) in [6, 6.07) is 12.5. The molecule has 112 valence electrons. The maximum absolute atomic E-state index is 11.9. The molecule has 2 aromatic heterocycles. The van der Waals surface area contributed by atoms with Gasteiger partial charge in [-0.05, 0) is 23.8 Å². The molecule has 5 nitrogen and oxygen atoms in total. The monoisotopic (exact) mass is 316 g/mol. The largest absolute Gasteiger partial charge is 0.461 e. The molecule has 0 radical (unpaired) electrons. The van der Waals surface area contributed by atoms with Crippen LogP contribution in [0, 0.1) is 0 Å². The third-order valence-corrected chi connectivity index (χ3v) is 3.47. The highest BCUT2D eigenvalue weighted by Crippen LogP contribution is 2.20. The van der Waals surface area contributed by atoms with Crippen LogP contribution in [-0.4, -0.2) is 11.1 Å². The summed E-state index contributed by atoms with van der Waals surface area (Å²) in [5, 5.41) is 7.26. The van der Waals surface area contributed by atoms with Crippen molar-refractivity contribution in [2.24, 2.45) is 0 Å². The minimum atomic E-state index is -0.129. The minimum Gasteiger partial charge on any atom is -0.461 e. The molecular formula is C16H13ClN2O3. The smallest absolute Gasteiger partial charge is 0.224 e. The Kier molecular flexibility index (Phi) is 4.25. The van der Waals surface area contributed by atoms with Gasteiger partial charge in [0.25, 0.3) is 0 Å². The summed E-state index contributed by atoms with van der Waals surface area (Å²) in [5.74, 6) is 0.997. The first-order valence-electron chi connectivity index (χ1n) is 6.72. The molecule has 0 saturated heterocycles. The summed E-state index contributed by atoms with van der Waals surface area (Å²) in [4.78, 5) is 11.9. The van der Waals surface area contributed by atoms with Crippen molar-refractivity contribution >= 4 is 17.5 Å². The first kappa shape index (κ1) is 14.4. The lowest BCUT2D eigenvalue weighted by molar-refractivity contribution is -0.120. The van der Waals surface area contributed by atoms with Crippen LogP contribution in [0.1, 0.15) is 11.3 Å². The van der Waals surface area contributed by atoms with Crippen molar-refractivity contribution in [2.75, 3.05) is 0 Å². The summed E-state index contributed by atoms with van der Waals surface area (Å²) in [6.07, 6.45) is 1.78. The molecule has 1 aromatic carbocycles. The number of furan rings is 1. The molecule has 1 amide bonds. The molecule has 0 fully saturated rings. The molecule has 2 heterocycles. The number of carbonyl (C=O) groups excluding carboxylic acids is 1. The molecule has 3 rings (SSSR count). The highest BCUT2D eigenvalue weighted by atomic mass is 35.5. The lowest BCUT2D eigenvalue weighted by atomic mass is 10.1. The molecule has 1 N–H and O–H groups in total. The Morgan fingerprint density at radius 3 is 2.82 bits per heavy atom. The first-order chi connectivity index (χ1) is 10.7. The van der Waals surface area contributed by atoms with Crippen LogP contribution in [0.25, 0.3) is 11.5 Å². The van der Waals surface area contributed by atoms with Gasteiger partial charge in [-0.3, -0.25) is 4.79 Å². The van der Waals surface area contributed by atoms with E-state index < -0.39 is 0 Å². The van der Waals surface area contributed by atoms with Crippen LogP contribution in [0.5, 0.6) is 0 Å². The number of amides is 1. The maximum atomic E-state index is 11.9. The van der Waals surface area contributed by atoms with Gasteiger partial charge in [-0.15, -0.1) is 0 Å². The SMILES string of the molecule is O=C(Cc1ccccc1Cl)NCc1cc(-c2ccco2)on1. The topological polar surface area (TPSA) is 68.3 Å². The normalized spacial score (nSPS) is 10.6. The second-order valence-electron chi connectivity index (χ2n) is 4.70. The zero-order valence-corrected chi connectivity index (χ0v) is 12.3. The molecule has 0 aliphatic rings. The second kappa shape index (κ2) is 6.49. The van der Waals surface area contributed by atoms with Crippen molar-refractivity contribution in [3.05, 3.63) is 65.0 Å². The van der Waals surface area contributed by atoms with Crippen molar-refractivity contribution in [3.63, 3.8) is 0 Å². The molecule has 0 spiro atoms. The van der Waals surface area contributed by atoms with E-state index in [2.05, 4.69) is 10.5 Å². The van der Waals surface area contributed by atoms with E-state index in [0.717, 1.165) is 5.56 Å². The van der Waals surface area contributed by atoms with Crippen LogP contribution in [0.2, 0.25) is 5.02 Å². The number of carbonyl (C=O) groups is 1. The van der Waals surface area contributed by atoms with E-state index in [0.29, 0.717) is 22.2 Å². The highest BCUT2D eigenvalue weighted by molar-refractivity contribution is 6.31. The second-order valence-corrected chi connectivity index (χ2v) is 5.11. The van der Waals surface area contributed by atoms with E-state index in [9.17, 15) is 4.79 Å². The van der Waals surface area contributed by atoms with Gasteiger partial charge in [-0.25, -0.2) is 0 Å². The third-order valence-electron chi connectivity index (χ3n) is 3.10. The Balaban J connectivity index is 1.56. The number of nitrogens with zero attached hydrogens (tertiary/aromatic N) is 1. The Morgan fingerprint density at radius 1 is 1.18 bits per heavy atom. The Hall–Kier alpha value is -2.53. The molecular weight excluding hydrogens is 304 g/mol. The molecule has 0 bridgehead atoms. The van der Waals surface area contributed by atoms with E-state index in [1.165, 1.54) is 0 Å². The number of halogens is 1. The Bertz CT molecular complexity index is 765. The molecule has 22 heavy (non-hydrogen) atoms. The lowest BCUT2D eigenvalue weighted by Crippen LogP contribution is -2.24. The lowest BCUT2D eigenvalue weighted by Gasteiger charge is -2.04. The van der Waals surface area contributed by atoms with E-state index >= 15 is 0 Å². The van der Waals surface area contributed by atoms with Gasteiger partial charge in [-0.2, -0.15) is 0 Å². The molecule has 0 saturated carbocycles. The minimum absolute atomic E-state index is 0.129. The van der Waals surface area contributed by atoms with Crippen LogP contribution in [0.4, 0.5) is 0 Å². The van der Waals surface area contributed by atoms with Gasteiger partial charge in [0.2, 0.25) is 11.7 Å². The van der Waals surface area contributed by atoms with Crippen LogP contribution in [0.15, 0.2) is 57.7 Å². The number of aromatic nitrogens is 1. The quantitative estimate of drug-likeness (QED) is 0.783. The van der Waals surface area contributed by atoms with Crippen molar-refractivity contribution in [1.82, 2.24) is 10.5 Å². The van der Waals surface area contributed by atoms with Crippen LogP contribution >= 0.6 is 11.6 Å². The first-order valence-corrected chi connectivity index (χ1v) is 7.10. The Morgan fingerprint density at radius 2 is 2.05 bits per heavy atom. The summed E-state index contributed by atoms with van der Waals surface area (Å²) >= 11 is 6.03. The molecule has 0 aliphatic heterocycles. The van der Waals surface area contributed by atoms with Gasteiger partial charge >= 0.3 is 0 Å². The zero-order valence-electron chi connectivity index (χ0n) is 11.6. The van der Waals surface area contributed by atoms with Gasteiger partial charge in [0.05, 0.1) is 19.2 Å². The highest BCUT2D eigenvalue weighted by Gasteiger charge is 2.11. The van der Waals surface area contributed by atoms with Crippen molar-refractivity contribution < 1.29 is 13.7 Å². The standard InChI is InChI=1S/C16H13ClN2O3/c17-13-5-2-1-4-11(13)8-16(20)18-10-12-9-15(22-19-12)14-6-3-7-21-14/h1-7,9H,8,10H2,(H,18,20). The Labute approximate surface area is 131 Å². The van der Waals surface area contributed by atoms with Crippen molar-refractivity contribution in [3.8, 4) is 11.5 Å². The molecule has 0 unspecified atom stereocenters. The number of hydrogen-bond donors (Lipinski definition) is 1. The predicted molar refractivity (Wildman–Crippen MR) is 81.2 cm³/mol. The average Bonchev–Trinajstić information content (AvgIpc) is 3.18. The van der Waals surface area contributed by atoms with Gasteiger partial charge in [-0.1, -0.05) is 35.0 Å². The maximum Gasteiger partial charge on any atom is 0.224 e. The van der Waals surface area contributed by atoms with Crippen molar-refractivity contribution in [1.29, 1.82) is 0 Å². The summed E-state index contributed by atoms with van der Waals surface area (Å²) in [5.41, 5.74) is 1.41. The summed E-state index contributed by atoms with van der Waals surface area (Å²) < 4.78 is 10.4. The van der Waals surface area contributed by atoms with E-state index in [4.69, 9.17) is 20.5 Å². The van der Waals surface area contributed by atoms with E-state index in [1.54, 1.807) is 30.5 Å². The van der Waals surface area contributed by atoms with Crippen LogP contribution in [0.3, 0.4) is 0 Å². The number of benzene rings is 1. The zero-order chi connectivity index (χ0) is 15.4. The van der Waals surface area contributed by atoms with Crippen LogP contribution < -0.4 is 5.32 Å². The summed E-state index contributed by atoms with van der Waals surface area (Å²) in [6.45, 7) is 0.285. The molecule has 0 atom stereocenters. The summed E-state index contributed by atoms with van der Waals surface area (Å²) in [7, 11) is 0. The van der Waals surface area contributed by atoms with Gasteiger partial charge in [0.15, 0.2) is 5.76 Å². The predicted octanol–water partition coefficient (Wildman–Crippen LogP) is 3.45. The van der Waals surface area contributed by atoms with E-state index in [1.807, 2.05) is 18.2 Å². The van der Waals surface area contributed by atoms with Gasteiger partial charge < -0.3 is 14.3 Å². The number of nitrogens with one attached hydrogen (secondary N) is 1. The van der Waals surface area contributed by atoms with Gasteiger partial charge in [0.1, 0.15) is 5.69 Å². The van der Waals surface area contributed by atoms with Crippen LogP contribution in [-0.2, 0) is 17.8 Å². The number of rotatable bonds is 5. The molecule has 6 heteroatoms. The van der Waals surface area contributed by atoms with Gasteiger partial charge in [0, 0.05) is 11.1 Å². The third kappa shape index (κ3) is 3.38.